The summed E-state index contributed by atoms with van der Waals surface area (Å²) in [6.07, 6.45) is 6.50. The molecule has 0 aliphatic carbocycles. The third-order valence-electron chi connectivity index (χ3n) is 3.67. The summed E-state index contributed by atoms with van der Waals surface area (Å²) in [6.45, 7) is 18.1. The van der Waals surface area contributed by atoms with E-state index in [-0.39, 0.29) is 10.8 Å². The summed E-state index contributed by atoms with van der Waals surface area (Å²) in [5.74, 6) is 0. The zero-order valence-corrected chi connectivity index (χ0v) is 16.7. The van der Waals surface area contributed by atoms with E-state index in [1.807, 2.05) is 13.1 Å². The van der Waals surface area contributed by atoms with Gasteiger partial charge in [-0.1, -0.05) is 84.5 Å². The van der Waals surface area contributed by atoms with Crippen molar-refractivity contribution in [2.45, 2.75) is 54.4 Å². The monoisotopic (exact) mass is 325 g/mol. The normalized spacial score (nSPS) is 13.8. The second kappa shape index (κ2) is 8.37. The van der Waals surface area contributed by atoms with Crippen LogP contribution in [0, 0.1) is 10.8 Å². The maximum absolute atomic E-state index is 4.31. The van der Waals surface area contributed by atoms with Crippen molar-refractivity contribution in [2.75, 3.05) is 7.05 Å². The maximum atomic E-state index is 4.31. The number of allylic oxidation sites excluding steroid dienone is 4. The molecule has 0 spiro atoms. The zero-order chi connectivity index (χ0) is 18.4. The fourth-order valence-electron chi connectivity index (χ4n) is 2.78. The van der Waals surface area contributed by atoms with Crippen LogP contribution in [0.15, 0.2) is 60.3 Å². The van der Waals surface area contributed by atoms with E-state index in [9.17, 15) is 0 Å². The first-order valence-electron chi connectivity index (χ1n) is 8.83. The molecule has 0 radical (unpaired) electrons. The molecule has 1 rings (SSSR count). The Labute approximate surface area is 149 Å². The maximum Gasteiger partial charge on any atom is 0.00278 e. The first kappa shape index (κ1) is 20.3. The van der Waals surface area contributed by atoms with Gasteiger partial charge in [0.15, 0.2) is 0 Å². The summed E-state index contributed by atoms with van der Waals surface area (Å²) in [5.41, 5.74) is 5.48. The molecule has 0 atom stereocenters. The lowest BCUT2D eigenvalue weighted by atomic mass is 9.79. The molecule has 0 aromatic heterocycles. The predicted octanol–water partition coefficient (Wildman–Crippen LogP) is 6.60. The summed E-state index contributed by atoms with van der Waals surface area (Å²) in [7, 11) is 1.98. The molecular weight excluding hydrogens is 290 g/mol. The molecule has 132 valence electrons. The van der Waals surface area contributed by atoms with Crippen molar-refractivity contribution in [3.63, 3.8) is 0 Å². The van der Waals surface area contributed by atoms with Crippen LogP contribution in [0.3, 0.4) is 0 Å². The van der Waals surface area contributed by atoms with Crippen molar-refractivity contribution in [3.8, 4) is 0 Å². The average Bonchev–Trinajstić information content (AvgIpc) is 2.44. The highest BCUT2D eigenvalue weighted by Gasteiger charge is 2.20. The van der Waals surface area contributed by atoms with E-state index in [0.29, 0.717) is 0 Å². The molecule has 0 aliphatic heterocycles. The molecule has 0 saturated carbocycles. The molecule has 0 bridgehead atoms. The quantitative estimate of drug-likeness (QED) is 0.581. The molecule has 0 heterocycles. The van der Waals surface area contributed by atoms with Gasteiger partial charge in [0.25, 0.3) is 0 Å². The molecule has 1 heteroatoms. The fraction of sp³-hybridized carbons (Fsp3) is 0.478. The van der Waals surface area contributed by atoms with Crippen LogP contribution in [-0.2, 0) is 0 Å². The van der Waals surface area contributed by atoms with Crippen LogP contribution in [0.4, 0.5) is 0 Å². The molecule has 1 aromatic carbocycles. The van der Waals surface area contributed by atoms with Gasteiger partial charge in [-0.25, -0.2) is 0 Å². The summed E-state index contributed by atoms with van der Waals surface area (Å²) >= 11 is 0. The smallest absolute Gasteiger partial charge is 0.00278 e. The van der Waals surface area contributed by atoms with Gasteiger partial charge in [-0.05, 0) is 52.2 Å². The third-order valence-corrected chi connectivity index (χ3v) is 3.67. The second-order valence-corrected chi connectivity index (χ2v) is 8.99. The van der Waals surface area contributed by atoms with Crippen LogP contribution in [-0.4, -0.2) is 7.05 Å². The van der Waals surface area contributed by atoms with Crippen molar-refractivity contribution in [1.82, 2.24) is 5.32 Å². The van der Waals surface area contributed by atoms with E-state index >= 15 is 0 Å². The van der Waals surface area contributed by atoms with Crippen molar-refractivity contribution in [1.29, 1.82) is 0 Å². The standard InChI is InChI=1S/C23H35N/c1-18(19-12-10-9-11-13-19)14-20(15-22(2,3)4)21(17-24-8)16-23(5,6)7/h9-14,17,24H,1,15-16H2,2-8H3/b20-14-,21-17-. The minimum absolute atomic E-state index is 0.230. The number of benzene rings is 1. The van der Waals surface area contributed by atoms with E-state index in [0.717, 1.165) is 18.4 Å². The van der Waals surface area contributed by atoms with Crippen LogP contribution in [0.5, 0.6) is 0 Å². The average molecular weight is 326 g/mol. The first-order valence-corrected chi connectivity index (χ1v) is 8.83. The van der Waals surface area contributed by atoms with Gasteiger partial charge in [-0.2, -0.15) is 0 Å². The van der Waals surface area contributed by atoms with Crippen LogP contribution >= 0.6 is 0 Å². The van der Waals surface area contributed by atoms with Gasteiger partial charge in [0.2, 0.25) is 0 Å². The minimum Gasteiger partial charge on any atom is -0.394 e. The molecular formula is C23H35N. The van der Waals surface area contributed by atoms with E-state index in [4.69, 9.17) is 0 Å². The third kappa shape index (κ3) is 7.68. The Bertz CT molecular complexity index is 589. The number of hydrogen-bond acceptors (Lipinski definition) is 1. The highest BCUT2D eigenvalue weighted by molar-refractivity contribution is 5.73. The molecule has 1 aromatic rings. The number of hydrogen-bond donors (Lipinski definition) is 1. The minimum atomic E-state index is 0.230. The van der Waals surface area contributed by atoms with Gasteiger partial charge in [0.1, 0.15) is 0 Å². The Kier molecular flexibility index (Phi) is 7.08. The van der Waals surface area contributed by atoms with E-state index < -0.39 is 0 Å². The van der Waals surface area contributed by atoms with E-state index in [1.54, 1.807) is 0 Å². The van der Waals surface area contributed by atoms with Gasteiger partial charge >= 0.3 is 0 Å². The van der Waals surface area contributed by atoms with Crippen LogP contribution in [0.2, 0.25) is 0 Å². The molecule has 1 nitrogen and oxygen atoms in total. The van der Waals surface area contributed by atoms with Gasteiger partial charge in [-0.3, -0.25) is 0 Å². The largest absolute Gasteiger partial charge is 0.394 e. The number of rotatable bonds is 6. The molecule has 0 saturated heterocycles. The second-order valence-electron chi connectivity index (χ2n) is 8.99. The van der Waals surface area contributed by atoms with Gasteiger partial charge < -0.3 is 5.32 Å². The van der Waals surface area contributed by atoms with Crippen LogP contribution < -0.4 is 5.32 Å². The summed E-state index contributed by atoms with van der Waals surface area (Å²) in [4.78, 5) is 0. The molecule has 0 fully saturated rings. The molecule has 0 amide bonds. The van der Waals surface area contributed by atoms with Gasteiger partial charge in [0, 0.05) is 7.05 Å². The van der Waals surface area contributed by atoms with Gasteiger partial charge in [-0.15, -0.1) is 0 Å². The van der Waals surface area contributed by atoms with E-state index in [1.165, 1.54) is 16.7 Å². The number of nitrogens with one attached hydrogen (secondary N) is 1. The summed E-state index contributed by atoms with van der Waals surface area (Å²) < 4.78 is 0. The van der Waals surface area contributed by atoms with Crippen molar-refractivity contribution < 1.29 is 0 Å². The lowest BCUT2D eigenvalue weighted by Gasteiger charge is -2.27. The SMILES string of the molecule is C=C(/C=C(CC(C)(C)C)\C(=C/NC)CC(C)(C)C)c1ccccc1. The Morgan fingerprint density at radius 1 is 0.917 bits per heavy atom. The Morgan fingerprint density at radius 2 is 1.42 bits per heavy atom. The topological polar surface area (TPSA) is 12.0 Å². The van der Waals surface area contributed by atoms with E-state index in [2.05, 4.69) is 90.0 Å². The van der Waals surface area contributed by atoms with Crippen molar-refractivity contribution >= 4 is 5.57 Å². The molecule has 0 aliphatic rings. The van der Waals surface area contributed by atoms with Crippen LogP contribution in [0.1, 0.15) is 59.9 Å². The van der Waals surface area contributed by atoms with Crippen LogP contribution in [0.25, 0.3) is 5.57 Å². The highest BCUT2D eigenvalue weighted by atomic mass is 14.8. The molecule has 24 heavy (non-hydrogen) atoms. The van der Waals surface area contributed by atoms with Gasteiger partial charge in [0.05, 0.1) is 0 Å². The molecule has 1 N–H and O–H groups in total. The zero-order valence-electron chi connectivity index (χ0n) is 16.7. The molecule has 0 unspecified atom stereocenters. The lowest BCUT2D eigenvalue weighted by molar-refractivity contribution is 0.389. The lowest BCUT2D eigenvalue weighted by Crippen LogP contribution is -2.14. The Hall–Kier alpha value is -1.76. The van der Waals surface area contributed by atoms with Crippen molar-refractivity contribution in [2.24, 2.45) is 10.8 Å². The summed E-state index contributed by atoms with van der Waals surface area (Å²) in [6, 6.07) is 10.4. The fourth-order valence-corrected chi connectivity index (χ4v) is 2.78. The van der Waals surface area contributed by atoms with Crippen molar-refractivity contribution in [3.05, 3.63) is 65.9 Å². The Morgan fingerprint density at radius 3 is 1.88 bits per heavy atom. The summed E-state index contributed by atoms with van der Waals surface area (Å²) in [5, 5.41) is 3.24. The highest BCUT2D eigenvalue weighted by Crippen LogP contribution is 2.35. The predicted molar refractivity (Wildman–Crippen MR) is 109 cm³/mol. The first-order chi connectivity index (χ1) is 11.0. The Balaban J connectivity index is 3.25.